The molecule has 1 aromatic rings. The summed E-state index contributed by atoms with van der Waals surface area (Å²) in [7, 11) is 5.62. The van der Waals surface area contributed by atoms with Crippen LogP contribution in [0.1, 0.15) is 5.56 Å². The van der Waals surface area contributed by atoms with Crippen molar-refractivity contribution in [2.45, 2.75) is 6.42 Å². The van der Waals surface area contributed by atoms with Crippen molar-refractivity contribution in [2.75, 3.05) is 26.9 Å². The Morgan fingerprint density at radius 1 is 1.20 bits per heavy atom. The maximum absolute atomic E-state index is 11.7. The van der Waals surface area contributed by atoms with E-state index in [2.05, 4.69) is 0 Å². The molecule has 0 spiro atoms. The van der Waals surface area contributed by atoms with E-state index in [1.807, 2.05) is 45.4 Å². The molecule has 0 aliphatic heterocycles. The van der Waals surface area contributed by atoms with Gasteiger partial charge in [-0.1, -0.05) is 12.1 Å². The summed E-state index contributed by atoms with van der Waals surface area (Å²) in [4.78, 5) is 11.7. The maximum Gasteiger partial charge on any atom is 0.317 e. The van der Waals surface area contributed by atoms with Crippen LogP contribution >= 0.6 is 0 Å². The smallest absolute Gasteiger partial charge is 0.317 e. The summed E-state index contributed by atoms with van der Waals surface area (Å²) < 4.78 is 0.352. The Morgan fingerprint density at radius 3 is 2.07 bits per heavy atom. The highest BCUT2D eigenvalue weighted by Gasteiger charge is 2.19. The van der Waals surface area contributed by atoms with Crippen molar-refractivity contribution in [2.24, 2.45) is 0 Å². The van der Waals surface area contributed by atoms with E-state index in [1.54, 1.807) is 0 Å². The van der Waals surface area contributed by atoms with Gasteiger partial charge in [0.2, 0.25) is 0 Å². The maximum atomic E-state index is 11.7. The Balaban J connectivity index is 0.00000196. The first kappa shape index (κ1) is 13.9. The van der Waals surface area contributed by atoms with Crippen LogP contribution in [0, 0.1) is 0 Å². The summed E-state index contributed by atoms with van der Waals surface area (Å²) in [6.07, 6.45) is 0.462. The largest absolute Gasteiger partial charge is 1.00 e. The van der Waals surface area contributed by atoms with E-state index >= 15 is 0 Å². The number of anilines is 1. The number of carbonyl (C=O) groups excluding carboxylic acids is 1. The van der Waals surface area contributed by atoms with E-state index in [1.165, 1.54) is 0 Å². The fraction of sp³-hybridized carbons (Fsp3) is 0.364. The monoisotopic (exact) mass is 228 g/mol. The van der Waals surface area contributed by atoms with E-state index in [0.29, 0.717) is 10.9 Å². The van der Waals surface area contributed by atoms with Gasteiger partial charge in [-0.25, -0.2) is 4.79 Å². The third kappa shape index (κ3) is 4.32. The third-order valence-corrected chi connectivity index (χ3v) is 2.08. The van der Waals surface area contributed by atoms with Crippen molar-refractivity contribution in [1.82, 2.24) is 0 Å². The molecule has 0 fully saturated rings. The predicted octanol–water partition coefficient (Wildman–Crippen LogP) is -1.95. The van der Waals surface area contributed by atoms with E-state index in [9.17, 15) is 4.79 Å². The van der Waals surface area contributed by atoms with Crippen LogP contribution in [0.3, 0.4) is 0 Å². The van der Waals surface area contributed by atoms with Crippen molar-refractivity contribution in [3.05, 3.63) is 29.8 Å². The fourth-order valence-corrected chi connectivity index (χ4v) is 1.05. The lowest BCUT2D eigenvalue weighted by atomic mass is 10.1. The highest BCUT2D eigenvalue weighted by atomic mass is 35.5. The van der Waals surface area contributed by atoms with Crippen molar-refractivity contribution < 1.29 is 21.7 Å². The average molecular weight is 229 g/mol. The lowest BCUT2D eigenvalue weighted by Gasteiger charge is -2.20. The average Bonchev–Trinajstić information content (AvgIpc) is 2.07. The molecule has 0 aliphatic carbocycles. The summed E-state index contributed by atoms with van der Waals surface area (Å²) in [5.41, 5.74) is 7.29. The van der Waals surface area contributed by atoms with E-state index in [-0.39, 0.29) is 18.3 Å². The lowest BCUT2D eigenvalue weighted by molar-refractivity contribution is -0.792. The van der Waals surface area contributed by atoms with Gasteiger partial charge in [-0.2, -0.15) is 0 Å². The second-order valence-electron chi connectivity index (χ2n) is 4.32. The van der Waals surface area contributed by atoms with Gasteiger partial charge in [-0.15, -0.1) is 0 Å². The standard InChI is InChI=1S/C11H17N2O.ClH/c1-13(2,3)11(14)8-9-4-6-10(12)7-5-9;/h4-7H,8,12H2,1-3H3;1H/q+1;/p-1. The minimum absolute atomic E-state index is 0. The molecule has 0 bridgehead atoms. The molecule has 15 heavy (non-hydrogen) atoms. The molecule has 0 saturated carbocycles. The number of carbonyl (C=O) groups is 1. The number of quaternary nitrogens is 1. The number of rotatable bonds is 2. The predicted molar refractivity (Wildman–Crippen MR) is 57.6 cm³/mol. The van der Waals surface area contributed by atoms with Crippen molar-refractivity contribution in [3.63, 3.8) is 0 Å². The highest BCUT2D eigenvalue weighted by Crippen LogP contribution is 2.08. The van der Waals surface area contributed by atoms with Crippen LogP contribution in [-0.4, -0.2) is 31.5 Å². The zero-order valence-electron chi connectivity index (χ0n) is 9.33. The van der Waals surface area contributed by atoms with Gasteiger partial charge in [0.15, 0.2) is 0 Å². The van der Waals surface area contributed by atoms with Crippen LogP contribution in [0.25, 0.3) is 0 Å². The minimum Gasteiger partial charge on any atom is -1.00 e. The molecule has 0 atom stereocenters. The van der Waals surface area contributed by atoms with E-state index < -0.39 is 0 Å². The number of likely N-dealkylation sites (N-methyl/N-ethyl adjacent to an activating group) is 1. The van der Waals surface area contributed by atoms with Gasteiger partial charge in [0.25, 0.3) is 0 Å². The first-order valence-electron chi connectivity index (χ1n) is 4.59. The molecule has 1 aromatic carbocycles. The summed E-state index contributed by atoms with van der Waals surface area (Å²) >= 11 is 0. The molecule has 0 aliphatic rings. The van der Waals surface area contributed by atoms with Crippen LogP contribution in [0.2, 0.25) is 0 Å². The Hall–Kier alpha value is -1.06. The summed E-state index contributed by atoms with van der Waals surface area (Å²) in [6, 6.07) is 7.42. The number of nitrogens with two attached hydrogens (primary N) is 1. The Kier molecular flexibility index (Phi) is 4.78. The Morgan fingerprint density at radius 2 is 1.67 bits per heavy atom. The molecule has 3 nitrogen and oxygen atoms in total. The van der Waals surface area contributed by atoms with Gasteiger partial charge in [-0.3, -0.25) is 4.48 Å². The van der Waals surface area contributed by atoms with Gasteiger partial charge in [0.1, 0.15) is 0 Å². The number of benzene rings is 1. The molecule has 0 radical (unpaired) electrons. The zero-order chi connectivity index (χ0) is 10.8. The minimum atomic E-state index is 0. The Bertz CT molecular complexity index is 327. The van der Waals surface area contributed by atoms with Gasteiger partial charge >= 0.3 is 5.91 Å². The lowest BCUT2D eigenvalue weighted by Crippen LogP contribution is -3.00. The summed E-state index contributed by atoms with van der Waals surface area (Å²) in [6.45, 7) is 0. The molecule has 4 heteroatoms. The summed E-state index contributed by atoms with van der Waals surface area (Å²) in [5, 5.41) is 0. The van der Waals surface area contributed by atoms with Gasteiger partial charge < -0.3 is 18.1 Å². The molecule has 1 amide bonds. The van der Waals surface area contributed by atoms with Gasteiger partial charge in [0, 0.05) is 5.69 Å². The molecular weight excluding hydrogens is 212 g/mol. The number of halogens is 1. The molecule has 0 saturated heterocycles. The second kappa shape index (κ2) is 5.14. The molecular formula is C11H17ClN2O. The van der Waals surface area contributed by atoms with Crippen LogP contribution in [0.4, 0.5) is 5.69 Å². The third-order valence-electron chi connectivity index (χ3n) is 2.08. The number of hydrogen-bond donors (Lipinski definition) is 1. The van der Waals surface area contributed by atoms with E-state index in [0.717, 1.165) is 11.3 Å². The molecule has 0 aromatic heterocycles. The summed E-state index contributed by atoms with van der Waals surface area (Å²) in [5.74, 6) is 0.190. The number of amides is 1. The molecule has 2 N–H and O–H groups in total. The fourth-order valence-electron chi connectivity index (χ4n) is 1.05. The quantitative estimate of drug-likeness (QED) is 0.472. The van der Waals surface area contributed by atoms with Crippen molar-refractivity contribution >= 4 is 11.6 Å². The van der Waals surface area contributed by atoms with Crippen molar-refractivity contribution in [3.8, 4) is 0 Å². The zero-order valence-corrected chi connectivity index (χ0v) is 10.1. The van der Waals surface area contributed by atoms with Crippen LogP contribution in [0.5, 0.6) is 0 Å². The van der Waals surface area contributed by atoms with Crippen LogP contribution in [-0.2, 0) is 11.2 Å². The normalized spacial score (nSPS) is 10.6. The number of nitrogen functional groups attached to an aromatic ring is 1. The molecule has 0 unspecified atom stereocenters. The van der Waals surface area contributed by atoms with Crippen LogP contribution < -0.4 is 18.1 Å². The number of nitrogens with zero attached hydrogens (tertiary/aromatic N) is 1. The SMILES string of the molecule is C[N+](C)(C)C(=O)Cc1ccc(N)cc1.[Cl-]. The highest BCUT2D eigenvalue weighted by molar-refractivity contribution is 5.71. The molecule has 84 valence electrons. The van der Waals surface area contributed by atoms with Gasteiger partial charge in [-0.05, 0) is 17.7 Å². The first-order valence-corrected chi connectivity index (χ1v) is 4.59. The molecule has 0 heterocycles. The van der Waals surface area contributed by atoms with Crippen molar-refractivity contribution in [1.29, 1.82) is 0 Å². The number of hydrogen-bond acceptors (Lipinski definition) is 2. The topological polar surface area (TPSA) is 43.1 Å². The van der Waals surface area contributed by atoms with Gasteiger partial charge in [0.05, 0.1) is 27.6 Å². The second-order valence-corrected chi connectivity index (χ2v) is 4.32. The Labute approximate surface area is 96.9 Å². The first-order chi connectivity index (χ1) is 6.39. The van der Waals surface area contributed by atoms with Crippen LogP contribution in [0.15, 0.2) is 24.3 Å². The molecule has 1 rings (SSSR count). The van der Waals surface area contributed by atoms with E-state index in [4.69, 9.17) is 5.73 Å².